The van der Waals surface area contributed by atoms with E-state index in [1.54, 1.807) is 18.3 Å². The second kappa shape index (κ2) is 10.3. The third kappa shape index (κ3) is 6.45. The van der Waals surface area contributed by atoms with Gasteiger partial charge in [-0.1, -0.05) is 5.92 Å². The molecular formula is C25H29N7O5. The summed E-state index contributed by atoms with van der Waals surface area (Å²) in [5, 5.41) is 17.4. The van der Waals surface area contributed by atoms with Crippen LogP contribution in [-0.2, 0) is 11.3 Å². The lowest BCUT2D eigenvalue weighted by Crippen LogP contribution is -2.38. The Labute approximate surface area is 213 Å². The SMILES string of the molecule is C#CCn1cc(NC(O)c2coc(-c3ccnc(N(CC4CC4)C(=O)OC(C)(C)C)c3)n2)c(C(N)=O)n1. The molecule has 3 aromatic heterocycles. The molecule has 3 heterocycles. The maximum atomic E-state index is 12.9. The molecule has 3 aromatic rings. The van der Waals surface area contributed by atoms with Crippen LogP contribution in [0.3, 0.4) is 0 Å². The molecule has 1 aliphatic carbocycles. The van der Waals surface area contributed by atoms with Gasteiger partial charge in [-0.3, -0.25) is 14.4 Å². The molecule has 0 aromatic carbocycles. The van der Waals surface area contributed by atoms with Gasteiger partial charge in [-0.15, -0.1) is 6.42 Å². The molecule has 1 aliphatic rings. The summed E-state index contributed by atoms with van der Waals surface area (Å²) >= 11 is 0. The van der Waals surface area contributed by atoms with Crippen molar-refractivity contribution in [2.75, 3.05) is 16.8 Å². The monoisotopic (exact) mass is 507 g/mol. The lowest BCUT2D eigenvalue weighted by Gasteiger charge is -2.27. The standard InChI is InChI=1S/C25H29N7O5/c1-5-10-31-13-17(20(30-31)21(26)33)28-22(34)18-14-36-23(29-18)16-8-9-27-19(11-16)32(12-15-6-7-15)24(35)37-25(2,3)4/h1,8-9,11,13-15,22,28,34H,6-7,10,12H2,2-4H3,(H2,26,33). The first-order chi connectivity index (χ1) is 17.5. The third-order valence-electron chi connectivity index (χ3n) is 5.36. The second-order valence-electron chi connectivity index (χ2n) is 9.72. The number of nitrogens with two attached hydrogens (primary N) is 1. The lowest BCUT2D eigenvalue weighted by atomic mass is 10.2. The van der Waals surface area contributed by atoms with E-state index in [9.17, 15) is 14.7 Å². The zero-order chi connectivity index (χ0) is 26.7. The van der Waals surface area contributed by atoms with E-state index in [2.05, 4.69) is 26.3 Å². The zero-order valence-corrected chi connectivity index (χ0v) is 20.8. The summed E-state index contributed by atoms with van der Waals surface area (Å²) < 4.78 is 12.5. The van der Waals surface area contributed by atoms with Gasteiger partial charge in [-0.2, -0.15) is 5.10 Å². The molecule has 12 heteroatoms. The molecule has 0 aliphatic heterocycles. The summed E-state index contributed by atoms with van der Waals surface area (Å²) in [6.45, 7) is 6.05. The van der Waals surface area contributed by atoms with Gasteiger partial charge in [0, 0.05) is 18.3 Å². The van der Waals surface area contributed by atoms with Gasteiger partial charge >= 0.3 is 6.09 Å². The summed E-state index contributed by atoms with van der Waals surface area (Å²) in [4.78, 5) is 34.9. The highest BCUT2D eigenvalue weighted by Crippen LogP contribution is 2.33. The molecule has 4 rings (SSSR count). The van der Waals surface area contributed by atoms with Gasteiger partial charge in [-0.05, 0) is 51.7 Å². The zero-order valence-electron chi connectivity index (χ0n) is 20.8. The molecule has 1 fully saturated rings. The number of carbonyl (C=O) groups excluding carboxylic acids is 2. The first-order valence-corrected chi connectivity index (χ1v) is 11.7. The molecule has 1 saturated carbocycles. The predicted octanol–water partition coefficient (Wildman–Crippen LogP) is 2.92. The fourth-order valence-corrected chi connectivity index (χ4v) is 3.49. The number of anilines is 2. The van der Waals surface area contributed by atoms with Crippen molar-refractivity contribution in [1.82, 2.24) is 19.7 Å². The Morgan fingerprint density at radius 1 is 1.43 bits per heavy atom. The van der Waals surface area contributed by atoms with E-state index in [-0.39, 0.29) is 29.5 Å². The Morgan fingerprint density at radius 3 is 2.84 bits per heavy atom. The van der Waals surface area contributed by atoms with Crippen molar-refractivity contribution in [2.24, 2.45) is 11.7 Å². The van der Waals surface area contributed by atoms with Crippen LogP contribution in [0.25, 0.3) is 11.5 Å². The number of ether oxygens (including phenoxy) is 1. The number of pyridine rings is 1. The number of terminal acetylenes is 1. The normalized spacial score (nSPS) is 14.0. The summed E-state index contributed by atoms with van der Waals surface area (Å²) in [5.41, 5.74) is 5.55. The molecule has 37 heavy (non-hydrogen) atoms. The quantitative estimate of drug-likeness (QED) is 0.292. The molecule has 0 saturated heterocycles. The number of aliphatic hydroxyl groups excluding tert-OH is 1. The average Bonchev–Trinajstić information content (AvgIpc) is 3.34. The lowest BCUT2D eigenvalue weighted by molar-refractivity contribution is 0.0577. The third-order valence-corrected chi connectivity index (χ3v) is 5.36. The number of nitrogens with zero attached hydrogens (tertiary/aromatic N) is 5. The minimum Gasteiger partial charge on any atom is -0.444 e. The van der Waals surface area contributed by atoms with Gasteiger partial charge < -0.3 is 25.3 Å². The van der Waals surface area contributed by atoms with E-state index in [0.29, 0.717) is 23.8 Å². The average molecular weight is 508 g/mol. The Bertz CT molecular complexity index is 1330. The molecule has 2 amide bonds. The van der Waals surface area contributed by atoms with Crippen LogP contribution in [0.5, 0.6) is 0 Å². The molecule has 194 valence electrons. The van der Waals surface area contributed by atoms with Crippen LogP contribution in [0.4, 0.5) is 16.3 Å². The largest absolute Gasteiger partial charge is 0.444 e. The van der Waals surface area contributed by atoms with Crippen molar-refractivity contribution in [3.8, 4) is 23.8 Å². The van der Waals surface area contributed by atoms with Crippen molar-refractivity contribution in [3.63, 3.8) is 0 Å². The van der Waals surface area contributed by atoms with Crippen LogP contribution in [0.1, 0.15) is 56.0 Å². The maximum absolute atomic E-state index is 12.9. The Hall–Kier alpha value is -4.37. The van der Waals surface area contributed by atoms with Crippen LogP contribution in [0.2, 0.25) is 0 Å². The van der Waals surface area contributed by atoms with Gasteiger partial charge in [0.05, 0.1) is 11.9 Å². The number of carbonyl (C=O) groups is 2. The number of hydrogen-bond acceptors (Lipinski definition) is 9. The topological polar surface area (TPSA) is 162 Å². The number of aromatic nitrogens is 4. The van der Waals surface area contributed by atoms with Crippen molar-refractivity contribution >= 4 is 23.5 Å². The van der Waals surface area contributed by atoms with Crippen LogP contribution in [-0.4, -0.2) is 49.0 Å². The van der Waals surface area contributed by atoms with Crippen LogP contribution in [0.15, 0.2) is 35.2 Å². The number of primary amides is 1. The minimum absolute atomic E-state index is 0.0744. The highest BCUT2D eigenvalue weighted by molar-refractivity contribution is 5.96. The number of oxazole rings is 1. The first-order valence-electron chi connectivity index (χ1n) is 11.7. The number of amides is 2. The minimum atomic E-state index is -1.34. The van der Waals surface area contributed by atoms with Crippen LogP contribution < -0.4 is 16.0 Å². The number of aliphatic hydroxyl groups is 1. The molecular weight excluding hydrogens is 478 g/mol. The van der Waals surface area contributed by atoms with E-state index >= 15 is 0 Å². The molecule has 1 atom stereocenters. The number of rotatable bonds is 9. The van der Waals surface area contributed by atoms with E-state index in [1.165, 1.54) is 22.0 Å². The van der Waals surface area contributed by atoms with Crippen molar-refractivity contribution in [1.29, 1.82) is 0 Å². The molecule has 0 bridgehead atoms. The number of hydrogen-bond donors (Lipinski definition) is 3. The van der Waals surface area contributed by atoms with Gasteiger partial charge in [0.25, 0.3) is 5.91 Å². The summed E-state index contributed by atoms with van der Waals surface area (Å²) in [5.74, 6) is 2.64. The summed E-state index contributed by atoms with van der Waals surface area (Å²) in [6, 6.07) is 3.36. The first kappa shape index (κ1) is 25.7. The summed E-state index contributed by atoms with van der Waals surface area (Å²) in [7, 11) is 0. The van der Waals surface area contributed by atoms with Crippen LogP contribution >= 0.6 is 0 Å². The van der Waals surface area contributed by atoms with Crippen molar-refractivity contribution in [3.05, 3.63) is 42.2 Å². The maximum Gasteiger partial charge on any atom is 0.416 e. The molecule has 4 N–H and O–H groups in total. The van der Waals surface area contributed by atoms with Gasteiger partial charge in [0.15, 0.2) is 11.9 Å². The van der Waals surface area contributed by atoms with Crippen molar-refractivity contribution in [2.45, 2.75) is 52.0 Å². The van der Waals surface area contributed by atoms with Gasteiger partial charge in [0.2, 0.25) is 5.89 Å². The van der Waals surface area contributed by atoms with E-state index in [4.69, 9.17) is 21.3 Å². The van der Waals surface area contributed by atoms with Crippen molar-refractivity contribution < 1.29 is 23.8 Å². The van der Waals surface area contributed by atoms with Crippen LogP contribution in [0, 0.1) is 18.3 Å². The van der Waals surface area contributed by atoms with E-state index in [1.807, 2.05) is 20.8 Å². The van der Waals surface area contributed by atoms with Gasteiger partial charge in [-0.25, -0.2) is 14.8 Å². The Morgan fingerprint density at radius 2 is 2.19 bits per heavy atom. The highest BCUT2D eigenvalue weighted by atomic mass is 16.6. The molecule has 0 spiro atoms. The van der Waals surface area contributed by atoms with Gasteiger partial charge in [0.1, 0.15) is 29.9 Å². The Balaban J connectivity index is 1.54. The molecule has 0 radical (unpaired) electrons. The predicted molar refractivity (Wildman–Crippen MR) is 134 cm³/mol. The molecule has 1 unspecified atom stereocenters. The fraction of sp³-hybridized carbons (Fsp3) is 0.400. The summed E-state index contributed by atoms with van der Waals surface area (Å²) in [6.07, 6.45) is 9.86. The second-order valence-corrected chi connectivity index (χ2v) is 9.72. The smallest absolute Gasteiger partial charge is 0.416 e. The van der Waals surface area contributed by atoms with E-state index < -0.39 is 23.8 Å². The molecule has 12 nitrogen and oxygen atoms in total. The Kier molecular flexibility index (Phi) is 7.17. The number of nitrogens with one attached hydrogen (secondary N) is 1. The fourth-order valence-electron chi connectivity index (χ4n) is 3.49. The highest BCUT2D eigenvalue weighted by Gasteiger charge is 2.31. The van der Waals surface area contributed by atoms with E-state index in [0.717, 1.165) is 12.8 Å².